The van der Waals surface area contributed by atoms with Gasteiger partial charge in [0.05, 0.1) is 11.7 Å². The zero-order valence-electron chi connectivity index (χ0n) is 13.6. The Labute approximate surface area is 142 Å². The SMILES string of the molecule is O=C(c1ccccc1SCC1CCCO1)N1CC2CCCC2C1. The summed E-state index contributed by atoms with van der Waals surface area (Å²) in [6.07, 6.45) is 6.65. The van der Waals surface area contributed by atoms with Gasteiger partial charge >= 0.3 is 0 Å². The van der Waals surface area contributed by atoms with Gasteiger partial charge in [-0.05, 0) is 49.7 Å². The van der Waals surface area contributed by atoms with Crippen LogP contribution in [0.5, 0.6) is 0 Å². The van der Waals surface area contributed by atoms with Gasteiger partial charge in [-0.25, -0.2) is 0 Å². The molecule has 3 atom stereocenters. The van der Waals surface area contributed by atoms with Crippen molar-refractivity contribution in [2.45, 2.75) is 43.1 Å². The average molecular weight is 331 g/mol. The van der Waals surface area contributed by atoms with E-state index in [0.29, 0.717) is 6.10 Å². The van der Waals surface area contributed by atoms with E-state index in [1.165, 1.54) is 25.7 Å². The third kappa shape index (κ3) is 3.29. The normalized spacial score (nSPS) is 29.9. The van der Waals surface area contributed by atoms with Crippen LogP contribution >= 0.6 is 11.8 Å². The summed E-state index contributed by atoms with van der Waals surface area (Å²) < 4.78 is 5.71. The van der Waals surface area contributed by atoms with Crippen LogP contribution in [0.2, 0.25) is 0 Å². The van der Waals surface area contributed by atoms with Gasteiger partial charge in [0.2, 0.25) is 0 Å². The Morgan fingerprint density at radius 3 is 2.65 bits per heavy atom. The highest BCUT2D eigenvalue weighted by Gasteiger charge is 2.38. The molecule has 0 aromatic heterocycles. The maximum Gasteiger partial charge on any atom is 0.255 e. The van der Waals surface area contributed by atoms with Crippen LogP contribution in [-0.2, 0) is 4.74 Å². The maximum atomic E-state index is 13.0. The fraction of sp³-hybridized carbons (Fsp3) is 0.632. The molecule has 4 heteroatoms. The first-order valence-corrected chi connectivity index (χ1v) is 9.92. The monoisotopic (exact) mass is 331 g/mol. The van der Waals surface area contributed by atoms with Crippen LogP contribution in [0.4, 0.5) is 0 Å². The fourth-order valence-corrected chi connectivity index (χ4v) is 5.41. The number of nitrogens with zero attached hydrogens (tertiary/aromatic N) is 1. The molecule has 3 aliphatic rings. The quantitative estimate of drug-likeness (QED) is 0.785. The minimum Gasteiger partial charge on any atom is -0.377 e. The molecule has 124 valence electrons. The lowest BCUT2D eigenvalue weighted by Gasteiger charge is -2.19. The maximum absolute atomic E-state index is 13.0. The summed E-state index contributed by atoms with van der Waals surface area (Å²) >= 11 is 1.78. The second-order valence-electron chi connectivity index (χ2n) is 7.10. The first kappa shape index (κ1) is 15.5. The van der Waals surface area contributed by atoms with E-state index in [0.717, 1.165) is 54.2 Å². The molecule has 1 amide bonds. The molecule has 3 nitrogen and oxygen atoms in total. The van der Waals surface area contributed by atoms with Crippen molar-refractivity contribution in [3.63, 3.8) is 0 Å². The van der Waals surface area contributed by atoms with Crippen LogP contribution in [-0.4, -0.2) is 42.4 Å². The largest absolute Gasteiger partial charge is 0.377 e. The van der Waals surface area contributed by atoms with Crippen LogP contribution in [0.25, 0.3) is 0 Å². The molecule has 0 spiro atoms. The minimum absolute atomic E-state index is 0.231. The van der Waals surface area contributed by atoms with E-state index in [1.807, 2.05) is 18.2 Å². The van der Waals surface area contributed by atoms with Crippen molar-refractivity contribution in [1.29, 1.82) is 0 Å². The second-order valence-corrected chi connectivity index (χ2v) is 8.17. The van der Waals surface area contributed by atoms with Gasteiger partial charge in [-0.3, -0.25) is 4.79 Å². The summed E-state index contributed by atoms with van der Waals surface area (Å²) in [5, 5.41) is 0. The van der Waals surface area contributed by atoms with E-state index >= 15 is 0 Å². The molecule has 2 aliphatic heterocycles. The molecule has 3 fully saturated rings. The number of hydrogen-bond donors (Lipinski definition) is 0. The zero-order valence-corrected chi connectivity index (χ0v) is 14.4. The Kier molecular flexibility index (Phi) is 4.63. The minimum atomic E-state index is 0.231. The first-order chi connectivity index (χ1) is 11.3. The molecular weight excluding hydrogens is 306 g/mol. The summed E-state index contributed by atoms with van der Waals surface area (Å²) in [5.41, 5.74) is 0.885. The highest BCUT2D eigenvalue weighted by Crippen LogP contribution is 2.38. The van der Waals surface area contributed by atoms with Crippen LogP contribution in [0.1, 0.15) is 42.5 Å². The van der Waals surface area contributed by atoms with Gasteiger partial charge in [0.15, 0.2) is 0 Å². The molecule has 1 aliphatic carbocycles. The lowest BCUT2D eigenvalue weighted by atomic mass is 10.0. The number of ether oxygens (including phenoxy) is 1. The fourth-order valence-electron chi connectivity index (χ4n) is 4.30. The molecule has 3 unspecified atom stereocenters. The first-order valence-electron chi connectivity index (χ1n) is 8.94. The van der Waals surface area contributed by atoms with Crippen molar-refractivity contribution in [1.82, 2.24) is 4.90 Å². The standard InChI is InChI=1S/C19H25NO2S/c21-19(20-11-14-5-3-6-15(14)12-20)17-8-1-2-9-18(17)23-13-16-7-4-10-22-16/h1-2,8-9,14-16H,3-7,10-13H2. The average Bonchev–Trinajstić information content (AvgIpc) is 3.29. The number of amides is 1. The highest BCUT2D eigenvalue weighted by molar-refractivity contribution is 7.99. The summed E-state index contributed by atoms with van der Waals surface area (Å²) in [6, 6.07) is 8.10. The predicted octanol–water partition coefficient (Wildman–Crippen LogP) is 3.83. The van der Waals surface area contributed by atoms with Crippen molar-refractivity contribution >= 4 is 17.7 Å². The molecule has 0 N–H and O–H groups in total. The van der Waals surface area contributed by atoms with Crippen molar-refractivity contribution < 1.29 is 9.53 Å². The molecule has 23 heavy (non-hydrogen) atoms. The van der Waals surface area contributed by atoms with Crippen molar-refractivity contribution in [3.8, 4) is 0 Å². The molecule has 1 aromatic carbocycles. The number of hydrogen-bond acceptors (Lipinski definition) is 3. The Balaban J connectivity index is 1.44. The van der Waals surface area contributed by atoms with Crippen LogP contribution < -0.4 is 0 Å². The van der Waals surface area contributed by atoms with Crippen LogP contribution in [0.15, 0.2) is 29.2 Å². The number of fused-ring (bicyclic) bond motifs is 1. The number of benzene rings is 1. The second kappa shape index (κ2) is 6.86. The molecule has 4 rings (SSSR count). The van der Waals surface area contributed by atoms with Crippen LogP contribution in [0, 0.1) is 11.8 Å². The number of carbonyl (C=O) groups is 1. The van der Waals surface area contributed by atoms with Gasteiger partial charge in [0, 0.05) is 30.3 Å². The highest BCUT2D eigenvalue weighted by atomic mass is 32.2. The predicted molar refractivity (Wildman–Crippen MR) is 92.9 cm³/mol. The molecule has 0 bridgehead atoms. The Hall–Kier alpha value is -1.00. The van der Waals surface area contributed by atoms with Crippen molar-refractivity contribution in [2.75, 3.05) is 25.4 Å². The van der Waals surface area contributed by atoms with Gasteiger partial charge in [0.1, 0.15) is 0 Å². The number of likely N-dealkylation sites (tertiary alicyclic amines) is 1. The Morgan fingerprint density at radius 2 is 1.91 bits per heavy atom. The zero-order chi connectivity index (χ0) is 15.6. The Morgan fingerprint density at radius 1 is 1.13 bits per heavy atom. The number of rotatable bonds is 4. The van der Waals surface area contributed by atoms with Gasteiger partial charge in [-0.2, -0.15) is 0 Å². The van der Waals surface area contributed by atoms with E-state index < -0.39 is 0 Å². The summed E-state index contributed by atoms with van der Waals surface area (Å²) in [5.74, 6) is 2.70. The molecule has 2 heterocycles. The smallest absolute Gasteiger partial charge is 0.255 e. The van der Waals surface area contributed by atoms with E-state index in [-0.39, 0.29) is 5.91 Å². The molecule has 1 saturated carbocycles. The summed E-state index contributed by atoms with van der Waals surface area (Å²) in [4.78, 5) is 16.2. The van der Waals surface area contributed by atoms with Crippen LogP contribution in [0.3, 0.4) is 0 Å². The van der Waals surface area contributed by atoms with E-state index in [2.05, 4.69) is 11.0 Å². The Bertz CT molecular complexity index is 558. The molecule has 1 aromatic rings. The van der Waals surface area contributed by atoms with Gasteiger partial charge in [0.25, 0.3) is 5.91 Å². The third-order valence-electron chi connectivity index (χ3n) is 5.58. The lowest BCUT2D eigenvalue weighted by molar-refractivity contribution is 0.0777. The van der Waals surface area contributed by atoms with E-state index in [9.17, 15) is 4.79 Å². The van der Waals surface area contributed by atoms with Gasteiger partial charge < -0.3 is 9.64 Å². The number of carbonyl (C=O) groups excluding carboxylic acids is 1. The third-order valence-corrected chi connectivity index (χ3v) is 6.79. The number of thioether (sulfide) groups is 1. The van der Waals surface area contributed by atoms with Crippen molar-refractivity contribution in [2.24, 2.45) is 11.8 Å². The van der Waals surface area contributed by atoms with Crippen molar-refractivity contribution in [3.05, 3.63) is 29.8 Å². The van der Waals surface area contributed by atoms with Gasteiger partial charge in [-0.1, -0.05) is 18.6 Å². The molecule has 2 saturated heterocycles. The van der Waals surface area contributed by atoms with E-state index in [1.54, 1.807) is 11.8 Å². The van der Waals surface area contributed by atoms with Gasteiger partial charge in [-0.15, -0.1) is 11.8 Å². The van der Waals surface area contributed by atoms with E-state index in [4.69, 9.17) is 4.74 Å². The molecular formula is C19H25NO2S. The molecule has 0 radical (unpaired) electrons. The summed E-state index contributed by atoms with van der Waals surface area (Å²) in [6.45, 7) is 2.82. The lowest BCUT2D eigenvalue weighted by Crippen LogP contribution is -2.30. The summed E-state index contributed by atoms with van der Waals surface area (Å²) in [7, 11) is 0. The topological polar surface area (TPSA) is 29.5 Å².